The average Bonchev–Trinajstić information content (AvgIpc) is 2.86. The van der Waals surface area contributed by atoms with Gasteiger partial charge in [-0.2, -0.15) is 0 Å². The van der Waals surface area contributed by atoms with Crippen LogP contribution in [0.5, 0.6) is 0 Å². The van der Waals surface area contributed by atoms with Crippen LogP contribution in [-0.4, -0.2) is 23.0 Å². The highest BCUT2D eigenvalue weighted by atomic mass is 16.6. The first-order valence-electron chi connectivity index (χ1n) is 8.63. The van der Waals surface area contributed by atoms with Crippen LogP contribution in [0.2, 0.25) is 0 Å². The van der Waals surface area contributed by atoms with E-state index in [0.29, 0.717) is 0 Å². The maximum Gasteiger partial charge on any atom is 0.310 e. The zero-order valence-electron chi connectivity index (χ0n) is 14.6. The van der Waals surface area contributed by atoms with Crippen LogP contribution in [0.3, 0.4) is 0 Å². The Hall–Kier alpha value is -2.13. The van der Waals surface area contributed by atoms with E-state index in [4.69, 9.17) is 4.74 Å². The molecule has 24 heavy (non-hydrogen) atoms. The molecule has 1 aliphatic rings. The molecular weight excluding hydrogens is 298 g/mol. The van der Waals surface area contributed by atoms with Gasteiger partial charge in [-0.3, -0.25) is 9.69 Å². The highest BCUT2D eigenvalue weighted by Gasteiger charge is 2.44. The van der Waals surface area contributed by atoms with Crippen molar-refractivity contribution in [3.8, 4) is 0 Å². The van der Waals surface area contributed by atoms with Crippen LogP contribution in [0.4, 0.5) is 0 Å². The van der Waals surface area contributed by atoms with Crippen LogP contribution in [0, 0.1) is 5.92 Å². The van der Waals surface area contributed by atoms with Crippen molar-refractivity contribution in [2.75, 3.05) is 0 Å². The highest BCUT2D eigenvalue weighted by Crippen LogP contribution is 2.34. The fourth-order valence-corrected chi connectivity index (χ4v) is 3.68. The number of benzene rings is 2. The largest absolute Gasteiger partial charge is 0.461 e. The van der Waals surface area contributed by atoms with E-state index < -0.39 is 0 Å². The molecule has 3 nitrogen and oxygen atoms in total. The van der Waals surface area contributed by atoms with Gasteiger partial charge in [0.2, 0.25) is 0 Å². The van der Waals surface area contributed by atoms with Crippen LogP contribution < -0.4 is 0 Å². The Morgan fingerprint density at radius 3 is 2.12 bits per heavy atom. The Morgan fingerprint density at radius 1 is 1.00 bits per heavy atom. The molecule has 0 saturated carbocycles. The van der Waals surface area contributed by atoms with Crippen LogP contribution in [0.15, 0.2) is 60.7 Å². The van der Waals surface area contributed by atoms with Gasteiger partial charge in [-0.15, -0.1) is 0 Å². The van der Waals surface area contributed by atoms with E-state index in [-0.39, 0.29) is 30.1 Å². The van der Waals surface area contributed by atoms with Gasteiger partial charge in [-0.05, 0) is 25.0 Å². The van der Waals surface area contributed by atoms with E-state index in [1.165, 1.54) is 11.1 Å². The molecule has 0 aliphatic carbocycles. The minimum Gasteiger partial charge on any atom is -0.461 e. The van der Waals surface area contributed by atoms with E-state index in [9.17, 15) is 4.79 Å². The summed E-state index contributed by atoms with van der Waals surface area (Å²) in [6.07, 6.45) is -0.0950. The number of rotatable bonds is 5. The lowest BCUT2D eigenvalue weighted by molar-refractivity contribution is -0.143. The third-order valence-electron chi connectivity index (χ3n) is 5.04. The second-order valence-electron chi connectivity index (χ2n) is 6.67. The number of carbonyl (C=O) groups excluding carboxylic acids is 1. The second kappa shape index (κ2) is 7.18. The molecular formula is C21H25NO2. The molecule has 1 fully saturated rings. The maximum atomic E-state index is 12.1. The molecule has 1 saturated heterocycles. The summed E-state index contributed by atoms with van der Waals surface area (Å²) < 4.78 is 5.51. The van der Waals surface area contributed by atoms with Crippen molar-refractivity contribution in [2.24, 2.45) is 5.92 Å². The number of hydrogen-bond donors (Lipinski definition) is 0. The molecule has 0 unspecified atom stereocenters. The lowest BCUT2D eigenvalue weighted by Crippen LogP contribution is -2.44. The summed E-state index contributed by atoms with van der Waals surface area (Å²) in [4.78, 5) is 14.5. The molecule has 3 rings (SSSR count). The Bertz CT molecular complexity index is 671. The van der Waals surface area contributed by atoms with Gasteiger partial charge in [0.15, 0.2) is 0 Å². The van der Waals surface area contributed by atoms with Gasteiger partial charge in [0.25, 0.3) is 0 Å². The number of esters is 1. The molecule has 0 amide bonds. The van der Waals surface area contributed by atoms with Crippen molar-refractivity contribution in [1.82, 2.24) is 4.90 Å². The summed E-state index contributed by atoms with van der Waals surface area (Å²) in [5.41, 5.74) is 2.51. The van der Waals surface area contributed by atoms with Crippen molar-refractivity contribution in [2.45, 2.75) is 45.5 Å². The molecule has 3 heteroatoms. The first kappa shape index (κ1) is 16.7. The van der Waals surface area contributed by atoms with Crippen molar-refractivity contribution in [3.05, 3.63) is 71.8 Å². The fraction of sp³-hybridized carbons (Fsp3) is 0.381. The Kier molecular flexibility index (Phi) is 5.00. The van der Waals surface area contributed by atoms with E-state index >= 15 is 0 Å². The summed E-state index contributed by atoms with van der Waals surface area (Å²) in [6, 6.07) is 21.2. The van der Waals surface area contributed by atoms with Crippen LogP contribution in [0.25, 0.3) is 0 Å². The standard InChI is InChI=1S/C21H25NO2/c1-15-20(17(3)24-21(15)23)22(14-18-10-6-4-7-11-18)16(2)19-12-8-5-9-13-19/h4-13,15-17,20H,14H2,1-3H3/t15-,16+,17+,20-/m1/s1. The second-order valence-corrected chi connectivity index (χ2v) is 6.67. The summed E-state index contributed by atoms with van der Waals surface area (Å²) in [6.45, 7) is 6.99. The number of hydrogen-bond acceptors (Lipinski definition) is 3. The van der Waals surface area contributed by atoms with Crippen LogP contribution in [0.1, 0.15) is 37.9 Å². The van der Waals surface area contributed by atoms with E-state index in [0.717, 1.165) is 6.54 Å². The average molecular weight is 323 g/mol. The van der Waals surface area contributed by atoms with Gasteiger partial charge in [-0.25, -0.2) is 0 Å². The third kappa shape index (κ3) is 3.36. The zero-order valence-corrected chi connectivity index (χ0v) is 14.6. The van der Waals surface area contributed by atoms with Gasteiger partial charge in [0.05, 0.1) is 12.0 Å². The molecule has 1 aliphatic heterocycles. The Morgan fingerprint density at radius 2 is 1.58 bits per heavy atom. The molecule has 0 bridgehead atoms. The molecule has 0 aromatic heterocycles. The van der Waals surface area contributed by atoms with Crippen LogP contribution >= 0.6 is 0 Å². The molecule has 0 radical (unpaired) electrons. The van der Waals surface area contributed by atoms with Crippen LogP contribution in [-0.2, 0) is 16.1 Å². The third-order valence-corrected chi connectivity index (χ3v) is 5.04. The highest BCUT2D eigenvalue weighted by molar-refractivity contribution is 5.75. The summed E-state index contributed by atoms with van der Waals surface area (Å²) >= 11 is 0. The Balaban J connectivity index is 1.93. The van der Waals surface area contributed by atoms with Gasteiger partial charge in [0, 0.05) is 12.6 Å². The molecule has 2 aromatic carbocycles. The van der Waals surface area contributed by atoms with E-state index in [2.05, 4.69) is 60.4 Å². The Labute approximate surface area is 144 Å². The molecule has 126 valence electrons. The van der Waals surface area contributed by atoms with E-state index in [1.807, 2.05) is 26.0 Å². The predicted octanol–water partition coefficient (Wildman–Crippen LogP) is 4.20. The number of carbonyl (C=O) groups is 1. The zero-order chi connectivity index (χ0) is 17.1. The van der Waals surface area contributed by atoms with Gasteiger partial charge in [0.1, 0.15) is 6.10 Å². The maximum absolute atomic E-state index is 12.1. The van der Waals surface area contributed by atoms with Gasteiger partial charge < -0.3 is 4.74 Å². The van der Waals surface area contributed by atoms with Gasteiger partial charge >= 0.3 is 5.97 Å². The number of ether oxygens (including phenoxy) is 1. The monoisotopic (exact) mass is 323 g/mol. The smallest absolute Gasteiger partial charge is 0.310 e. The molecule has 1 heterocycles. The summed E-state index contributed by atoms with van der Waals surface area (Å²) in [5.74, 6) is -0.208. The molecule has 2 aromatic rings. The van der Waals surface area contributed by atoms with Crippen molar-refractivity contribution >= 4 is 5.97 Å². The first-order valence-corrected chi connectivity index (χ1v) is 8.63. The minimum atomic E-state index is -0.116. The number of nitrogens with zero attached hydrogens (tertiary/aromatic N) is 1. The molecule has 0 spiro atoms. The quantitative estimate of drug-likeness (QED) is 0.772. The first-order chi connectivity index (χ1) is 11.6. The van der Waals surface area contributed by atoms with Gasteiger partial charge in [-0.1, -0.05) is 67.6 Å². The van der Waals surface area contributed by atoms with Crippen molar-refractivity contribution in [1.29, 1.82) is 0 Å². The normalized spacial score (nSPS) is 24.8. The SMILES string of the molecule is C[C@@H]1OC(=O)[C@H](C)[C@H]1N(Cc1ccccc1)[C@@H](C)c1ccccc1. The summed E-state index contributed by atoms with van der Waals surface area (Å²) in [7, 11) is 0. The lowest BCUT2D eigenvalue weighted by Gasteiger charge is -2.37. The molecule has 4 atom stereocenters. The van der Waals surface area contributed by atoms with E-state index in [1.54, 1.807) is 0 Å². The van der Waals surface area contributed by atoms with Crippen molar-refractivity contribution in [3.63, 3.8) is 0 Å². The lowest BCUT2D eigenvalue weighted by atomic mass is 9.94. The minimum absolute atomic E-state index is 0.0768. The topological polar surface area (TPSA) is 29.5 Å². The number of cyclic esters (lactones) is 1. The predicted molar refractivity (Wildman–Crippen MR) is 95.3 cm³/mol. The van der Waals surface area contributed by atoms with Crippen molar-refractivity contribution < 1.29 is 9.53 Å². The summed E-state index contributed by atoms with van der Waals surface area (Å²) in [5, 5.41) is 0. The molecule has 0 N–H and O–H groups in total. The fourth-order valence-electron chi connectivity index (χ4n) is 3.68.